The molecule has 0 fully saturated rings. The van der Waals surface area contributed by atoms with Gasteiger partial charge in [-0.05, 0) is 95.0 Å². The molecule has 1 aromatic heterocycles. The van der Waals surface area contributed by atoms with Crippen molar-refractivity contribution in [2.24, 2.45) is 0 Å². The van der Waals surface area contributed by atoms with E-state index in [1.54, 1.807) is 12.7 Å². The van der Waals surface area contributed by atoms with Gasteiger partial charge in [0.15, 0.2) is 5.82 Å². The molecule has 0 spiro atoms. The maximum Gasteiger partial charge on any atom is 0.163 e. The summed E-state index contributed by atoms with van der Waals surface area (Å²) in [7, 11) is 0. The Morgan fingerprint density at radius 3 is 1.91 bits per heavy atom. The molecule has 1 aliphatic rings. The molecule has 0 saturated heterocycles. The minimum atomic E-state index is -0.0413. The van der Waals surface area contributed by atoms with Crippen molar-refractivity contribution in [2.75, 3.05) is 0 Å². The summed E-state index contributed by atoms with van der Waals surface area (Å²) in [5, 5.41) is 7.10. The maximum atomic E-state index is 4.63. The molecule has 0 radical (unpaired) electrons. The molecule has 7 aromatic carbocycles. The van der Waals surface area contributed by atoms with Crippen LogP contribution in [0.2, 0.25) is 0 Å². The monoisotopic (exact) mass is 575 g/mol. The summed E-state index contributed by atoms with van der Waals surface area (Å²) in [6.07, 6.45) is 3.17. The first-order chi connectivity index (χ1) is 22.1. The third kappa shape index (κ3) is 3.87. The van der Waals surface area contributed by atoms with Gasteiger partial charge < -0.3 is 0 Å². The Kier molecular flexibility index (Phi) is 5.54. The summed E-state index contributed by atoms with van der Waals surface area (Å²) in [5.41, 5.74) is 11.2. The van der Waals surface area contributed by atoms with Crippen LogP contribution in [-0.4, -0.2) is 15.0 Å². The summed E-state index contributed by atoms with van der Waals surface area (Å²) in [4.78, 5) is 13.4. The molecule has 3 nitrogen and oxygen atoms in total. The van der Waals surface area contributed by atoms with Crippen LogP contribution >= 0.6 is 0 Å². The number of aromatic nitrogens is 3. The summed E-state index contributed by atoms with van der Waals surface area (Å²) in [5.74, 6) is 0.681. The highest BCUT2D eigenvalue weighted by molar-refractivity contribution is 6.21. The summed E-state index contributed by atoms with van der Waals surface area (Å²) in [6, 6.07) is 46.7. The molecule has 0 N–H and O–H groups in total. The van der Waals surface area contributed by atoms with Gasteiger partial charge in [-0.15, -0.1) is 0 Å². The fourth-order valence-corrected chi connectivity index (χ4v) is 7.52. The van der Waals surface area contributed by atoms with Crippen LogP contribution < -0.4 is 0 Å². The number of fused-ring (bicyclic) bond motifs is 6. The maximum absolute atomic E-state index is 4.63. The van der Waals surface area contributed by atoms with Crippen molar-refractivity contribution < 1.29 is 0 Å². The van der Waals surface area contributed by atoms with Crippen molar-refractivity contribution in [1.29, 1.82) is 0 Å². The normalized spacial score (nSPS) is 13.3. The molecule has 8 aromatic rings. The van der Waals surface area contributed by atoms with Gasteiger partial charge in [-0.2, -0.15) is 0 Å². The van der Waals surface area contributed by atoms with Crippen LogP contribution in [0.1, 0.15) is 25.0 Å². The first-order valence-corrected chi connectivity index (χ1v) is 15.4. The Morgan fingerprint density at radius 1 is 0.444 bits per heavy atom. The van der Waals surface area contributed by atoms with E-state index in [9.17, 15) is 0 Å². The van der Waals surface area contributed by atoms with E-state index in [0.29, 0.717) is 5.82 Å². The fourth-order valence-electron chi connectivity index (χ4n) is 7.52. The summed E-state index contributed by atoms with van der Waals surface area (Å²) < 4.78 is 0. The molecule has 0 aliphatic heterocycles. The van der Waals surface area contributed by atoms with E-state index in [2.05, 4.69) is 156 Å². The van der Waals surface area contributed by atoms with Gasteiger partial charge in [0.25, 0.3) is 0 Å². The van der Waals surface area contributed by atoms with Crippen molar-refractivity contribution in [1.82, 2.24) is 15.0 Å². The molecule has 212 valence electrons. The van der Waals surface area contributed by atoms with Crippen molar-refractivity contribution in [3.8, 4) is 44.8 Å². The largest absolute Gasteiger partial charge is 0.225 e. The minimum absolute atomic E-state index is 0.0413. The molecule has 0 unspecified atom stereocenters. The Morgan fingerprint density at radius 2 is 1.07 bits per heavy atom. The van der Waals surface area contributed by atoms with Gasteiger partial charge >= 0.3 is 0 Å². The van der Waals surface area contributed by atoms with Gasteiger partial charge in [-0.25, -0.2) is 15.0 Å². The highest BCUT2D eigenvalue weighted by Gasteiger charge is 2.35. The van der Waals surface area contributed by atoms with E-state index in [4.69, 9.17) is 0 Å². The van der Waals surface area contributed by atoms with Crippen LogP contribution in [0.5, 0.6) is 0 Å². The quantitative estimate of drug-likeness (QED) is 0.197. The topological polar surface area (TPSA) is 38.7 Å². The second-order valence-electron chi connectivity index (χ2n) is 12.5. The molecule has 1 aliphatic carbocycles. The molecule has 0 atom stereocenters. The van der Waals surface area contributed by atoms with Gasteiger partial charge in [0.05, 0.1) is 0 Å². The number of benzene rings is 7. The minimum Gasteiger partial charge on any atom is -0.225 e. The summed E-state index contributed by atoms with van der Waals surface area (Å²) in [6.45, 7) is 4.67. The first kappa shape index (κ1) is 25.8. The first-order valence-electron chi connectivity index (χ1n) is 15.4. The number of hydrogen-bond donors (Lipinski definition) is 0. The van der Waals surface area contributed by atoms with Crippen LogP contribution in [-0.2, 0) is 5.41 Å². The third-order valence-electron chi connectivity index (χ3n) is 9.70. The highest BCUT2D eigenvalue weighted by atomic mass is 15.0. The predicted octanol–water partition coefficient (Wildman–Crippen LogP) is 10.6. The predicted molar refractivity (Wildman–Crippen MR) is 186 cm³/mol. The van der Waals surface area contributed by atoms with Gasteiger partial charge in [-0.1, -0.05) is 123 Å². The second-order valence-corrected chi connectivity index (χ2v) is 12.5. The van der Waals surface area contributed by atoms with Crippen molar-refractivity contribution in [2.45, 2.75) is 19.3 Å². The van der Waals surface area contributed by atoms with E-state index in [1.165, 1.54) is 66.1 Å². The van der Waals surface area contributed by atoms with Crippen LogP contribution in [0.25, 0.3) is 77.1 Å². The molecule has 3 heteroatoms. The van der Waals surface area contributed by atoms with Gasteiger partial charge in [0, 0.05) is 11.0 Å². The number of rotatable bonds is 3. The van der Waals surface area contributed by atoms with Crippen molar-refractivity contribution >= 4 is 32.3 Å². The molecular weight excluding hydrogens is 546 g/mol. The number of hydrogen-bond acceptors (Lipinski definition) is 3. The summed E-state index contributed by atoms with van der Waals surface area (Å²) >= 11 is 0. The zero-order valence-corrected chi connectivity index (χ0v) is 25.1. The average molecular weight is 576 g/mol. The van der Waals surface area contributed by atoms with Crippen LogP contribution in [0.3, 0.4) is 0 Å². The van der Waals surface area contributed by atoms with E-state index >= 15 is 0 Å². The third-order valence-corrected chi connectivity index (χ3v) is 9.70. The molecule has 1 heterocycles. The standard InChI is InChI=1S/C42H29N3/c1-42(2)37-14-8-7-11-31(37)35-23-30(18-20-38(35)42)39-32-12-5-6-13-33(32)40(41-44-24-43-25-45-41)34-19-17-29(22-36(34)39)28-16-15-26-9-3-4-10-27(26)21-28/h3-25H,1-2H3. The lowest BCUT2D eigenvalue weighted by molar-refractivity contribution is 0.660. The Hall–Kier alpha value is -5.67. The van der Waals surface area contributed by atoms with Crippen LogP contribution in [0.15, 0.2) is 140 Å². The molecular formula is C42H29N3. The lowest BCUT2D eigenvalue weighted by Crippen LogP contribution is -2.14. The van der Waals surface area contributed by atoms with Crippen LogP contribution in [0, 0.1) is 0 Å². The highest BCUT2D eigenvalue weighted by Crippen LogP contribution is 2.51. The smallest absolute Gasteiger partial charge is 0.163 e. The van der Waals surface area contributed by atoms with Crippen molar-refractivity contribution in [3.05, 3.63) is 151 Å². The lowest BCUT2D eigenvalue weighted by atomic mass is 9.81. The van der Waals surface area contributed by atoms with E-state index in [1.807, 2.05) is 0 Å². The van der Waals surface area contributed by atoms with E-state index in [0.717, 1.165) is 16.3 Å². The van der Waals surface area contributed by atoms with Crippen LogP contribution in [0.4, 0.5) is 0 Å². The average Bonchev–Trinajstić information content (AvgIpc) is 3.32. The Bertz CT molecular complexity index is 2460. The number of nitrogens with zero attached hydrogens (tertiary/aromatic N) is 3. The second kappa shape index (κ2) is 9.67. The van der Waals surface area contributed by atoms with Gasteiger partial charge in [-0.3, -0.25) is 0 Å². The Labute approximate surface area is 261 Å². The zero-order valence-electron chi connectivity index (χ0n) is 25.1. The SMILES string of the molecule is CC1(C)c2ccccc2-c2cc(-c3c4ccccc4c(-c4ncncn4)c4ccc(-c5ccc6ccccc6c5)cc34)ccc21. The molecule has 0 amide bonds. The molecule has 0 bridgehead atoms. The van der Waals surface area contributed by atoms with Crippen molar-refractivity contribution in [3.63, 3.8) is 0 Å². The van der Waals surface area contributed by atoms with Gasteiger partial charge in [0.2, 0.25) is 0 Å². The van der Waals surface area contributed by atoms with E-state index < -0.39 is 0 Å². The molecule has 45 heavy (non-hydrogen) atoms. The molecule has 0 saturated carbocycles. The lowest BCUT2D eigenvalue weighted by Gasteiger charge is -2.22. The van der Waals surface area contributed by atoms with E-state index in [-0.39, 0.29) is 5.41 Å². The fraction of sp³-hybridized carbons (Fsp3) is 0.0714. The van der Waals surface area contributed by atoms with Gasteiger partial charge in [0.1, 0.15) is 12.7 Å². The molecule has 9 rings (SSSR count). The Balaban J connectivity index is 1.38. The zero-order chi connectivity index (χ0) is 30.1.